The minimum atomic E-state index is -0.752. The van der Waals surface area contributed by atoms with E-state index >= 15 is 0 Å². The summed E-state index contributed by atoms with van der Waals surface area (Å²) in [5.41, 5.74) is 2.50. The Morgan fingerprint density at radius 3 is 2.89 bits per heavy atom. The van der Waals surface area contributed by atoms with Gasteiger partial charge in [-0.25, -0.2) is 9.29 Å². The van der Waals surface area contributed by atoms with Crippen LogP contribution in [0.2, 0.25) is 0 Å². The van der Waals surface area contributed by atoms with Gasteiger partial charge in [-0.15, -0.1) is 0 Å². The molecule has 1 unspecified atom stereocenters. The van der Waals surface area contributed by atoms with Crippen molar-refractivity contribution in [1.82, 2.24) is 10.5 Å². The number of imide groups is 1. The molecule has 1 fully saturated rings. The van der Waals surface area contributed by atoms with Crippen LogP contribution in [0.5, 0.6) is 0 Å². The van der Waals surface area contributed by atoms with Crippen LogP contribution in [0.15, 0.2) is 18.2 Å². The summed E-state index contributed by atoms with van der Waals surface area (Å²) < 4.78 is 13.2. The van der Waals surface area contributed by atoms with E-state index in [4.69, 9.17) is 9.68 Å². The molecule has 100 valence electrons. The Labute approximate surface area is 108 Å². The number of halogens is 1. The minimum Gasteiger partial charge on any atom is -0.277 e. The lowest BCUT2D eigenvalue weighted by molar-refractivity contribution is -0.201. The van der Waals surface area contributed by atoms with E-state index in [0.29, 0.717) is 19.4 Å². The van der Waals surface area contributed by atoms with Crippen molar-refractivity contribution in [3.05, 3.63) is 35.1 Å². The lowest BCUT2D eigenvalue weighted by Crippen LogP contribution is -2.43. The number of nitrogens with zero attached hydrogens (tertiary/aromatic N) is 1. The van der Waals surface area contributed by atoms with E-state index in [1.54, 1.807) is 0 Å². The van der Waals surface area contributed by atoms with Crippen LogP contribution in [0.1, 0.15) is 33.6 Å². The van der Waals surface area contributed by atoms with Crippen molar-refractivity contribution in [3.63, 3.8) is 0 Å². The molecule has 2 aliphatic heterocycles. The van der Waals surface area contributed by atoms with E-state index in [0.717, 1.165) is 17.0 Å². The molecule has 1 N–H and O–H groups in total. The second-order valence-electron chi connectivity index (χ2n) is 4.32. The fraction of sp³-hybridized carbons (Fsp3) is 0.333. The monoisotopic (exact) mass is 266 g/mol. The number of benzene rings is 1. The van der Waals surface area contributed by atoms with Gasteiger partial charge < -0.3 is 0 Å². The van der Waals surface area contributed by atoms with Crippen molar-refractivity contribution in [3.8, 4) is 0 Å². The van der Waals surface area contributed by atoms with E-state index in [9.17, 15) is 14.0 Å². The predicted molar refractivity (Wildman–Crippen MR) is 60.1 cm³/mol. The van der Waals surface area contributed by atoms with Gasteiger partial charge in [-0.1, -0.05) is 5.64 Å². The van der Waals surface area contributed by atoms with Crippen LogP contribution in [0.4, 0.5) is 4.39 Å². The smallest absolute Gasteiger partial charge is 0.263 e. The summed E-state index contributed by atoms with van der Waals surface area (Å²) in [4.78, 5) is 35.3. The molecule has 2 heterocycles. The van der Waals surface area contributed by atoms with E-state index in [2.05, 4.69) is 5.64 Å². The second-order valence-corrected chi connectivity index (χ2v) is 4.32. The molecule has 1 aromatic carbocycles. The average Bonchev–Trinajstić information content (AvgIpc) is 2.62. The minimum absolute atomic E-state index is 0.0683. The number of amides is 2. The third-order valence-corrected chi connectivity index (χ3v) is 3.11. The van der Waals surface area contributed by atoms with Gasteiger partial charge in [-0.05, 0) is 31.0 Å². The Bertz CT molecular complexity index is 541. The second kappa shape index (κ2) is 4.69. The lowest BCUT2D eigenvalue weighted by Gasteiger charge is -2.23. The molecule has 0 saturated carbocycles. The van der Waals surface area contributed by atoms with Crippen LogP contribution in [-0.2, 0) is 9.68 Å². The summed E-state index contributed by atoms with van der Waals surface area (Å²) in [5, 5.41) is 0. The van der Waals surface area contributed by atoms with Gasteiger partial charge in [0.1, 0.15) is 5.82 Å². The normalized spacial score (nSPS) is 23.4. The highest BCUT2D eigenvalue weighted by Crippen LogP contribution is 2.27. The van der Waals surface area contributed by atoms with Gasteiger partial charge in [-0.2, -0.15) is 0 Å². The van der Waals surface area contributed by atoms with Crippen LogP contribution in [0.25, 0.3) is 0 Å². The number of fused-ring (bicyclic) bond motifs is 1. The third kappa shape index (κ3) is 2.01. The van der Waals surface area contributed by atoms with Crippen molar-refractivity contribution in [1.29, 1.82) is 0 Å². The largest absolute Gasteiger partial charge is 0.277 e. The number of hydrogen-bond acceptors (Lipinski definition) is 5. The fourth-order valence-corrected chi connectivity index (χ4v) is 2.20. The van der Waals surface area contributed by atoms with Gasteiger partial charge in [0.15, 0.2) is 6.23 Å². The van der Waals surface area contributed by atoms with Crippen LogP contribution >= 0.6 is 0 Å². The summed E-state index contributed by atoms with van der Waals surface area (Å²) in [6.07, 6.45) is 0.346. The van der Waals surface area contributed by atoms with Crippen molar-refractivity contribution in [2.24, 2.45) is 0 Å². The van der Waals surface area contributed by atoms with Gasteiger partial charge in [0.25, 0.3) is 11.8 Å². The van der Waals surface area contributed by atoms with Gasteiger partial charge in [0, 0.05) is 0 Å². The Kier molecular flexibility index (Phi) is 3.02. The molecular formula is C12H11FN2O4. The molecule has 0 aromatic heterocycles. The molecule has 1 aromatic rings. The summed E-state index contributed by atoms with van der Waals surface area (Å²) in [6.45, 7) is 0.425. The summed E-state index contributed by atoms with van der Waals surface area (Å²) in [5.74, 6) is -1.58. The van der Waals surface area contributed by atoms with Crippen molar-refractivity contribution in [2.75, 3.05) is 6.61 Å². The molecule has 6 nitrogen and oxygen atoms in total. The predicted octanol–water partition coefficient (Wildman–Crippen LogP) is 0.994. The maximum Gasteiger partial charge on any atom is 0.263 e. The molecule has 3 rings (SSSR count). The lowest BCUT2D eigenvalue weighted by atomic mass is 10.1. The van der Waals surface area contributed by atoms with Gasteiger partial charge in [0.05, 0.1) is 17.7 Å². The first-order valence-electron chi connectivity index (χ1n) is 5.88. The van der Waals surface area contributed by atoms with Gasteiger partial charge in [0.2, 0.25) is 0 Å². The van der Waals surface area contributed by atoms with Crippen molar-refractivity contribution >= 4 is 11.8 Å². The fourth-order valence-electron chi connectivity index (χ4n) is 2.20. The van der Waals surface area contributed by atoms with Crippen molar-refractivity contribution in [2.45, 2.75) is 19.1 Å². The maximum absolute atomic E-state index is 13.2. The molecule has 0 radical (unpaired) electrons. The first-order valence-corrected chi connectivity index (χ1v) is 5.88. The van der Waals surface area contributed by atoms with Crippen LogP contribution in [0, 0.1) is 5.82 Å². The molecule has 0 spiro atoms. The van der Waals surface area contributed by atoms with Crippen LogP contribution in [0.3, 0.4) is 0 Å². The Hall–Kier alpha value is -1.83. The van der Waals surface area contributed by atoms with Gasteiger partial charge in [-0.3, -0.25) is 19.3 Å². The SMILES string of the molecule is O=C1c2ccc(F)cc2C(=O)N1C1CCCONO1. The molecule has 1 atom stereocenters. The average molecular weight is 266 g/mol. The molecule has 19 heavy (non-hydrogen) atoms. The number of carbonyl (C=O) groups excluding carboxylic acids is 2. The zero-order valence-electron chi connectivity index (χ0n) is 9.89. The number of rotatable bonds is 1. The third-order valence-electron chi connectivity index (χ3n) is 3.11. The van der Waals surface area contributed by atoms with E-state index in [1.165, 1.54) is 6.07 Å². The zero-order valence-corrected chi connectivity index (χ0v) is 9.89. The van der Waals surface area contributed by atoms with Crippen LogP contribution in [-0.4, -0.2) is 29.5 Å². The molecule has 0 aliphatic carbocycles. The zero-order chi connectivity index (χ0) is 13.4. The molecule has 7 heteroatoms. The highest BCUT2D eigenvalue weighted by molar-refractivity contribution is 6.21. The Morgan fingerprint density at radius 2 is 2.05 bits per heavy atom. The summed E-state index contributed by atoms with van der Waals surface area (Å²) >= 11 is 0. The topological polar surface area (TPSA) is 67.9 Å². The molecular weight excluding hydrogens is 255 g/mol. The molecule has 2 aliphatic rings. The standard InChI is InChI=1S/C12H11FN2O4/c13-7-3-4-8-9(6-7)12(17)15(11(8)16)10-2-1-5-18-14-19-10/h3-4,6,10,14H,1-2,5H2. The molecule has 0 bridgehead atoms. The van der Waals surface area contributed by atoms with E-state index in [-0.39, 0.29) is 11.1 Å². The van der Waals surface area contributed by atoms with Crippen molar-refractivity contribution < 1.29 is 23.7 Å². The number of carbonyl (C=O) groups is 2. The quantitative estimate of drug-likeness (QED) is 0.768. The highest BCUT2D eigenvalue weighted by atomic mass is 19.1. The first kappa shape index (κ1) is 12.2. The first-order chi connectivity index (χ1) is 9.18. The Balaban J connectivity index is 1.93. The number of hydrogen-bond donors (Lipinski definition) is 1. The highest BCUT2D eigenvalue weighted by Gasteiger charge is 2.41. The van der Waals surface area contributed by atoms with Gasteiger partial charge >= 0.3 is 0 Å². The van der Waals surface area contributed by atoms with E-state index in [1.807, 2.05) is 0 Å². The van der Waals surface area contributed by atoms with E-state index < -0.39 is 23.9 Å². The number of nitrogens with one attached hydrogen (secondary N) is 1. The Morgan fingerprint density at radius 1 is 1.26 bits per heavy atom. The molecule has 2 amide bonds. The summed E-state index contributed by atoms with van der Waals surface area (Å²) in [7, 11) is 0. The summed E-state index contributed by atoms with van der Waals surface area (Å²) in [6, 6.07) is 3.53. The maximum atomic E-state index is 13.2. The molecule has 1 saturated heterocycles. The van der Waals surface area contributed by atoms with Crippen LogP contribution < -0.4 is 5.64 Å².